The molecule has 0 aromatic carbocycles. The number of hydrogen-bond donors (Lipinski definition) is 0. The number of furan rings is 1. The molecular weight excluding hydrogens is 302 g/mol. The zero-order valence-electron chi connectivity index (χ0n) is 11.9. The molecule has 114 valence electrons. The lowest BCUT2D eigenvalue weighted by atomic mass is 10.2. The molecule has 0 fully saturated rings. The summed E-state index contributed by atoms with van der Waals surface area (Å²) in [7, 11) is 0. The van der Waals surface area contributed by atoms with Crippen molar-refractivity contribution in [1.82, 2.24) is 14.7 Å². The Bertz CT molecular complexity index is 829. The standard InChI is InChI=1S/C15H15N3O3S/c19-15-18(11-4-2-1-3-5-12(11)22-15)8-13-16-14(21-17-13)10-6-7-20-9-10/h6-7,9H,1-5,8H2. The van der Waals surface area contributed by atoms with Crippen LogP contribution in [0.15, 0.2) is 32.3 Å². The second-order valence-corrected chi connectivity index (χ2v) is 6.46. The highest BCUT2D eigenvalue weighted by Crippen LogP contribution is 2.24. The first-order valence-corrected chi connectivity index (χ1v) is 8.19. The van der Waals surface area contributed by atoms with Crippen LogP contribution < -0.4 is 4.87 Å². The first kappa shape index (κ1) is 13.5. The topological polar surface area (TPSA) is 74.1 Å². The summed E-state index contributed by atoms with van der Waals surface area (Å²) in [6.45, 7) is 0.367. The molecular formula is C15H15N3O3S. The van der Waals surface area contributed by atoms with Crippen molar-refractivity contribution in [1.29, 1.82) is 0 Å². The summed E-state index contributed by atoms with van der Waals surface area (Å²) in [6, 6.07) is 1.76. The van der Waals surface area contributed by atoms with Crippen molar-refractivity contribution >= 4 is 11.3 Å². The summed E-state index contributed by atoms with van der Waals surface area (Å²) in [6.07, 6.45) is 8.61. The third kappa shape index (κ3) is 2.41. The van der Waals surface area contributed by atoms with Gasteiger partial charge in [-0.1, -0.05) is 22.9 Å². The van der Waals surface area contributed by atoms with Gasteiger partial charge in [0.2, 0.25) is 0 Å². The van der Waals surface area contributed by atoms with Gasteiger partial charge >= 0.3 is 4.87 Å². The van der Waals surface area contributed by atoms with Crippen molar-refractivity contribution in [2.75, 3.05) is 0 Å². The van der Waals surface area contributed by atoms with Gasteiger partial charge in [0, 0.05) is 10.6 Å². The van der Waals surface area contributed by atoms with E-state index in [9.17, 15) is 4.79 Å². The molecule has 0 saturated heterocycles. The second-order valence-electron chi connectivity index (χ2n) is 5.41. The van der Waals surface area contributed by atoms with E-state index in [0.717, 1.165) is 30.5 Å². The quantitative estimate of drug-likeness (QED) is 0.694. The molecule has 0 atom stereocenters. The van der Waals surface area contributed by atoms with Crippen molar-refractivity contribution in [2.24, 2.45) is 0 Å². The van der Waals surface area contributed by atoms with Crippen LogP contribution in [0.2, 0.25) is 0 Å². The third-order valence-electron chi connectivity index (χ3n) is 3.93. The number of fused-ring (bicyclic) bond motifs is 1. The Hall–Kier alpha value is -2.15. The lowest BCUT2D eigenvalue weighted by Crippen LogP contribution is -2.17. The van der Waals surface area contributed by atoms with E-state index in [-0.39, 0.29) is 4.87 Å². The van der Waals surface area contributed by atoms with Gasteiger partial charge < -0.3 is 8.94 Å². The monoisotopic (exact) mass is 317 g/mol. The van der Waals surface area contributed by atoms with Crippen LogP contribution in [0.5, 0.6) is 0 Å². The minimum Gasteiger partial charge on any atom is -0.472 e. The van der Waals surface area contributed by atoms with Crippen molar-refractivity contribution in [3.63, 3.8) is 0 Å². The molecule has 7 heteroatoms. The zero-order valence-corrected chi connectivity index (χ0v) is 12.8. The smallest absolute Gasteiger partial charge is 0.307 e. The maximum Gasteiger partial charge on any atom is 0.307 e. The molecule has 0 spiro atoms. The van der Waals surface area contributed by atoms with Gasteiger partial charge in [-0.3, -0.25) is 9.36 Å². The molecule has 3 heterocycles. The van der Waals surface area contributed by atoms with Crippen LogP contribution in [0.4, 0.5) is 0 Å². The Balaban J connectivity index is 1.64. The van der Waals surface area contributed by atoms with Gasteiger partial charge in [0.15, 0.2) is 5.82 Å². The second kappa shape index (κ2) is 5.57. The lowest BCUT2D eigenvalue weighted by molar-refractivity contribution is 0.419. The van der Waals surface area contributed by atoms with Crippen LogP contribution in [-0.2, 0) is 19.4 Å². The van der Waals surface area contributed by atoms with Gasteiger partial charge in [0.05, 0.1) is 18.4 Å². The average Bonchev–Trinajstić information content (AvgIpc) is 3.20. The highest BCUT2D eigenvalue weighted by molar-refractivity contribution is 7.09. The van der Waals surface area contributed by atoms with E-state index in [0.29, 0.717) is 18.3 Å². The van der Waals surface area contributed by atoms with Crippen LogP contribution in [0.25, 0.3) is 11.5 Å². The fourth-order valence-electron chi connectivity index (χ4n) is 2.83. The van der Waals surface area contributed by atoms with E-state index in [1.165, 1.54) is 29.1 Å². The molecule has 4 rings (SSSR count). The SMILES string of the molecule is O=c1sc2c(n1Cc1noc(-c3ccoc3)n1)CCCCC2. The summed E-state index contributed by atoms with van der Waals surface area (Å²) >= 11 is 1.36. The van der Waals surface area contributed by atoms with E-state index in [4.69, 9.17) is 8.94 Å². The summed E-state index contributed by atoms with van der Waals surface area (Å²) in [5.74, 6) is 0.932. The maximum absolute atomic E-state index is 12.2. The molecule has 0 N–H and O–H groups in total. The minimum absolute atomic E-state index is 0.0709. The lowest BCUT2D eigenvalue weighted by Gasteiger charge is -2.04. The van der Waals surface area contributed by atoms with Crippen LogP contribution in [0.3, 0.4) is 0 Å². The summed E-state index contributed by atoms with van der Waals surface area (Å²) in [4.78, 5) is 17.9. The molecule has 0 aliphatic heterocycles. The number of rotatable bonds is 3. The first-order valence-electron chi connectivity index (χ1n) is 7.38. The van der Waals surface area contributed by atoms with Gasteiger partial charge in [-0.25, -0.2) is 0 Å². The van der Waals surface area contributed by atoms with Crippen molar-refractivity contribution in [3.05, 3.63) is 44.7 Å². The molecule has 0 amide bonds. The predicted molar refractivity (Wildman–Crippen MR) is 80.9 cm³/mol. The highest BCUT2D eigenvalue weighted by Gasteiger charge is 2.19. The number of nitrogens with zero attached hydrogens (tertiary/aromatic N) is 3. The molecule has 3 aromatic rings. The Morgan fingerprint density at radius 3 is 3.05 bits per heavy atom. The van der Waals surface area contributed by atoms with E-state index >= 15 is 0 Å². The maximum atomic E-state index is 12.2. The first-order chi connectivity index (χ1) is 10.8. The van der Waals surface area contributed by atoms with E-state index in [1.807, 2.05) is 0 Å². The van der Waals surface area contributed by atoms with Gasteiger partial charge in [0.25, 0.3) is 5.89 Å². The van der Waals surface area contributed by atoms with E-state index < -0.39 is 0 Å². The minimum atomic E-state index is 0.0709. The third-order valence-corrected chi connectivity index (χ3v) is 5.01. The normalized spacial score (nSPS) is 14.7. The Morgan fingerprint density at radius 2 is 2.18 bits per heavy atom. The number of aryl methyl sites for hydroxylation is 1. The van der Waals surface area contributed by atoms with Gasteiger partial charge in [-0.05, 0) is 31.7 Å². The fraction of sp³-hybridized carbons (Fsp3) is 0.400. The van der Waals surface area contributed by atoms with Crippen LogP contribution in [-0.4, -0.2) is 14.7 Å². The predicted octanol–water partition coefficient (Wildman–Crippen LogP) is 2.87. The summed E-state index contributed by atoms with van der Waals surface area (Å²) < 4.78 is 12.0. The molecule has 0 saturated carbocycles. The number of aromatic nitrogens is 3. The summed E-state index contributed by atoms with van der Waals surface area (Å²) in [5.41, 5.74) is 1.90. The average molecular weight is 317 g/mol. The van der Waals surface area contributed by atoms with Gasteiger partial charge in [-0.2, -0.15) is 4.98 Å². The summed E-state index contributed by atoms with van der Waals surface area (Å²) in [5, 5.41) is 3.98. The van der Waals surface area contributed by atoms with Gasteiger partial charge in [0.1, 0.15) is 6.26 Å². The van der Waals surface area contributed by atoms with Crippen LogP contribution >= 0.6 is 11.3 Å². The molecule has 0 radical (unpaired) electrons. The van der Waals surface area contributed by atoms with Crippen molar-refractivity contribution in [3.8, 4) is 11.5 Å². The van der Waals surface area contributed by atoms with Crippen molar-refractivity contribution < 1.29 is 8.94 Å². The number of thiazole rings is 1. The van der Waals surface area contributed by atoms with E-state index in [1.54, 1.807) is 23.2 Å². The Labute approximate surface area is 130 Å². The van der Waals surface area contributed by atoms with Crippen LogP contribution in [0.1, 0.15) is 35.7 Å². The fourth-order valence-corrected chi connectivity index (χ4v) is 3.90. The largest absolute Gasteiger partial charge is 0.472 e. The van der Waals surface area contributed by atoms with E-state index in [2.05, 4.69) is 10.1 Å². The molecule has 6 nitrogen and oxygen atoms in total. The molecule has 0 bridgehead atoms. The molecule has 1 aliphatic rings. The number of hydrogen-bond acceptors (Lipinski definition) is 6. The molecule has 22 heavy (non-hydrogen) atoms. The molecule has 1 aliphatic carbocycles. The highest BCUT2D eigenvalue weighted by atomic mass is 32.1. The Kier molecular flexibility index (Phi) is 3.42. The van der Waals surface area contributed by atoms with Crippen molar-refractivity contribution in [2.45, 2.75) is 38.6 Å². The molecule has 3 aromatic heterocycles. The zero-order chi connectivity index (χ0) is 14.9. The Morgan fingerprint density at radius 1 is 1.27 bits per heavy atom. The van der Waals surface area contributed by atoms with Gasteiger partial charge in [-0.15, -0.1) is 0 Å². The molecule has 0 unspecified atom stereocenters. The van der Waals surface area contributed by atoms with Crippen LogP contribution in [0, 0.1) is 0 Å².